The molecular weight excluding hydrogens is 514 g/mol. The average Bonchev–Trinajstić information content (AvgIpc) is 3.57. The molecule has 0 fully saturated rings. The van der Waals surface area contributed by atoms with Crippen molar-refractivity contribution in [3.8, 4) is 22.4 Å². The molecule has 1 aromatic carbocycles. The molecule has 4 rings (SSSR count). The van der Waals surface area contributed by atoms with Crippen LogP contribution in [0.4, 0.5) is 5.13 Å². The van der Waals surface area contributed by atoms with Crippen molar-refractivity contribution in [2.24, 2.45) is 0 Å². The SMILES string of the molecule is COCC[C@H](NC(=O)c1ccn(S(C)(=O)=O)c1)C(=O)Nc1nc(-c2cccc(-c3ccncc3)c2)cs1. The van der Waals surface area contributed by atoms with Crippen LogP contribution in [0.3, 0.4) is 0 Å². The monoisotopic (exact) mass is 539 g/mol. The van der Waals surface area contributed by atoms with Crippen molar-refractivity contribution in [2.45, 2.75) is 12.5 Å². The summed E-state index contributed by atoms with van der Waals surface area (Å²) >= 11 is 1.27. The van der Waals surface area contributed by atoms with E-state index in [4.69, 9.17) is 4.74 Å². The number of nitrogens with zero attached hydrogens (tertiary/aromatic N) is 3. The number of aromatic nitrogens is 3. The number of benzene rings is 1. The number of rotatable bonds is 10. The van der Waals surface area contributed by atoms with Crippen molar-refractivity contribution in [3.63, 3.8) is 0 Å². The van der Waals surface area contributed by atoms with E-state index in [-0.39, 0.29) is 18.6 Å². The Hall–Kier alpha value is -3.87. The second kappa shape index (κ2) is 11.5. The molecule has 0 radical (unpaired) electrons. The predicted molar refractivity (Wildman–Crippen MR) is 142 cm³/mol. The molecule has 3 heterocycles. The van der Waals surface area contributed by atoms with E-state index < -0.39 is 27.9 Å². The Balaban J connectivity index is 1.46. The molecule has 0 aliphatic heterocycles. The first-order chi connectivity index (χ1) is 17.7. The maximum Gasteiger partial charge on any atom is 0.253 e. The van der Waals surface area contributed by atoms with Gasteiger partial charge in [-0.3, -0.25) is 18.5 Å². The molecule has 0 saturated carbocycles. The van der Waals surface area contributed by atoms with Crippen LogP contribution < -0.4 is 10.6 Å². The highest BCUT2D eigenvalue weighted by molar-refractivity contribution is 7.89. The summed E-state index contributed by atoms with van der Waals surface area (Å²) in [6.45, 7) is 0.230. The predicted octanol–water partition coefficient (Wildman–Crippen LogP) is 3.25. The second-order valence-corrected chi connectivity index (χ2v) is 10.9. The van der Waals surface area contributed by atoms with Crippen LogP contribution >= 0.6 is 11.3 Å². The fourth-order valence-corrected chi connectivity index (χ4v) is 4.83. The van der Waals surface area contributed by atoms with Gasteiger partial charge in [-0.1, -0.05) is 18.2 Å². The Morgan fingerprint density at radius 1 is 1.11 bits per heavy atom. The van der Waals surface area contributed by atoms with Crippen molar-refractivity contribution in [3.05, 3.63) is 78.2 Å². The molecule has 3 aromatic heterocycles. The molecular formula is C25H25N5O5S2. The molecule has 192 valence electrons. The lowest BCUT2D eigenvalue weighted by Crippen LogP contribution is -2.44. The van der Waals surface area contributed by atoms with E-state index in [0.717, 1.165) is 26.9 Å². The summed E-state index contributed by atoms with van der Waals surface area (Å²) in [5.41, 5.74) is 3.77. The number of hydrogen-bond acceptors (Lipinski definition) is 8. The lowest BCUT2D eigenvalue weighted by atomic mass is 10.0. The summed E-state index contributed by atoms with van der Waals surface area (Å²) in [7, 11) is -2.03. The smallest absolute Gasteiger partial charge is 0.253 e. The molecule has 2 amide bonds. The van der Waals surface area contributed by atoms with Gasteiger partial charge in [0.15, 0.2) is 5.13 Å². The van der Waals surface area contributed by atoms with Gasteiger partial charge >= 0.3 is 0 Å². The molecule has 12 heteroatoms. The third kappa shape index (κ3) is 6.67. The van der Waals surface area contributed by atoms with Gasteiger partial charge in [0.1, 0.15) is 6.04 Å². The Morgan fingerprint density at radius 3 is 2.57 bits per heavy atom. The van der Waals surface area contributed by atoms with Gasteiger partial charge < -0.3 is 15.4 Å². The molecule has 0 unspecified atom stereocenters. The summed E-state index contributed by atoms with van der Waals surface area (Å²) < 4.78 is 29.4. The van der Waals surface area contributed by atoms with Gasteiger partial charge in [0.05, 0.1) is 17.5 Å². The summed E-state index contributed by atoms with van der Waals surface area (Å²) in [5.74, 6) is -1.04. The minimum Gasteiger partial charge on any atom is -0.385 e. The normalized spacial score (nSPS) is 12.2. The molecule has 0 aliphatic carbocycles. The third-order valence-corrected chi connectivity index (χ3v) is 7.20. The lowest BCUT2D eigenvalue weighted by Gasteiger charge is -2.17. The van der Waals surface area contributed by atoms with E-state index in [1.807, 2.05) is 41.8 Å². The van der Waals surface area contributed by atoms with E-state index in [0.29, 0.717) is 10.8 Å². The number of hydrogen-bond donors (Lipinski definition) is 2. The Morgan fingerprint density at radius 2 is 1.86 bits per heavy atom. The minimum absolute atomic E-state index is 0.117. The maximum atomic E-state index is 13.0. The number of amides is 2. The van der Waals surface area contributed by atoms with Gasteiger partial charge in [-0.15, -0.1) is 11.3 Å². The maximum absolute atomic E-state index is 13.0. The summed E-state index contributed by atoms with van der Waals surface area (Å²) in [6, 6.07) is 12.2. The van der Waals surface area contributed by atoms with Gasteiger partial charge in [0, 0.05) is 49.4 Å². The summed E-state index contributed by atoms with van der Waals surface area (Å²) in [4.78, 5) is 34.3. The van der Waals surface area contributed by atoms with Crippen molar-refractivity contribution >= 4 is 38.3 Å². The standard InChI is InChI=1S/C25H25N5O5S2/c1-35-13-9-21(27-23(31)20-8-12-30(15-20)37(2,33)34)24(32)29-25-28-22(16-36-25)19-5-3-4-18(14-19)17-6-10-26-11-7-17/h3-8,10-12,14-16,21H,9,13H2,1-2H3,(H,27,31)(H,28,29,32)/t21-/m0/s1. The van der Waals surface area contributed by atoms with Crippen molar-refractivity contribution in [1.82, 2.24) is 19.3 Å². The van der Waals surface area contributed by atoms with Crippen LogP contribution in [0, 0.1) is 0 Å². The fourth-order valence-electron chi connectivity index (χ4n) is 3.52. The van der Waals surface area contributed by atoms with Gasteiger partial charge in [-0.25, -0.2) is 13.4 Å². The van der Waals surface area contributed by atoms with Crippen LogP contribution in [0.1, 0.15) is 16.8 Å². The number of carbonyl (C=O) groups is 2. The average molecular weight is 540 g/mol. The zero-order valence-corrected chi connectivity index (χ0v) is 21.8. The molecule has 10 nitrogen and oxygen atoms in total. The van der Waals surface area contributed by atoms with E-state index in [9.17, 15) is 18.0 Å². The Bertz CT molecular complexity index is 1500. The fraction of sp³-hybridized carbons (Fsp3) is 0.200. The minimum atomic E-state index is -3.53. The van der Waals surface area contributed by atoms with Gasteiger partial charge in [0.25, 0.3) is 5.91 Å². The van der Waals surface area contributed by atoms with Crippen molar-refractivity contribution < 1.29 is 22.7 Å². The molecule has 4 aromatic rings. The third-order valence-electron chi connectivity index (χ3n) is 5.45. The molecule has 37 heavy (non-hydrogen) atoms. The topological polar surface area (TPSA) is 132 Å². The largest absolute Gasteiger partial charge is 0.385 e. The van der Waals surface area contributed by atoms with E-state index in [1.54, 1.807) is 12.4 Å². The Kier molecular flexibility index (Phi) is 8.11. The number of nitrogens with one attached hydrogen (secondary N) is 2. The quantitative estimate of drug-likeness (QED) is 0.316. The van der Waals surface area contributed by atoms with Crippen molar-refractivity contribution in [1.29, 1.82) is 0 Å². The number of carbonyl (C=O) groups excluding carboxylic acids is 2. The van der Waals surface area contributed by atoms with Gasteiger partial charge in [-0.05, 0) is 41.8 Å². The van der Waals surface area contributed by atoms with Crippen LogP contribution in [0.25, 0.3) is 22.4 Å². The number of pyridine rings is 1. The zero-order valence-electron chi connectivity index (χ0n) is 20.1. The number of ether oxygens (including phenoxy) is 1. The molecule has 0 spiro atoms. The highest BCUT2D eigenvalue weighted by Crippen LogP contribution is 2.28. The zero-order chi connectivity index (χ0) is 26.4. The van der Waals surface area contributed by atoms with Crippen molar-refractivity contribution in [2.75, 3.05) is 25.3 Å². The molecule has 0 bridgehead atoms. The molecule has 1 atom stereocenters. The van der Waals surface area contributed by atoms with E-state index in [1.165, 1.54) is 36.9 Å². The first-order valence-corrected chi connectivity index (χ1v) is 13.9. The van der Waals surface area contributed by atoms with Crippen LogP contribution in [-0.4, -0.2) is 60.2 Å². The van der Waals surface area contributed by atoms with E-state index in [2.05, 4.69) is 20.6 Å². The Labute approximate surface area is 218 Å². The summed E-state index contributed by atoms with van der Waals surface area (Å²) in [6.07, 6.45) is 7.18. The number of methoxy groups -OCH3 is 1. The van der Waals surface area contributed by atoms with Crippen LogP contribution in [0.2, 0.25) is 0 Å². The van der Waals surface area contributed by atoms with Crippen LogP contribution in [-0.2, 0) is 19.6 Å². The molecule has 0 aliphatic rings. The van der Waals surface area contributed by atoms with Crippen LogP contribution in [0.5, 0.6) is 0 Å². The first kappa shape index (κ1) is 26.2. The highest BCUT2D eigenvalue weighted by Gasteiger charge is 2.23. The summed E-state index contributed by atoms with van der Waals surface area (Å²) in [5, 5.41) is 7.64. The molecule has 0 saturated heterocycles. The van der Waals surface area contributed by atoms with E-state index >= 15 is 0 Å². The van der Waals surface area contributed by atoms with Crippen LogP contribution in [0.15, 0.2) is 72.6 Å². The lowest BCUT2D eigenvalue weighted by molar-refractivity contribution is -0.118. The van der Waals surface area contributed by atoms with Gasteiger partial charge in [-0.2, -0.15) is 0 Å². The number of anilines is 1. The highest BCUT2D eigenvalue weighted by atomic mass is 32.2. The molecule has 2 N–H and O–H groups in total. The number of thiazole rings is 1. The first-order valence-electron chi connectivity index (χ1n) is 11.2. The van der Waals surface area contributed by atoms with Gasteiger partial charge in [0.2, 0.25) is 15.9 Å². The second-order valence-electron chi connectivity index (χ2n) is 8.14.